The summed E-state index contributed by atoms with van der Waals surface area (Å²) in [6, 6.07) is 0. The standard InChI is InChI=1S/C32H49NO3/c1-21(2)22(3)10-11-23(4)29-14-15-30-26(9-8-17-31(29,30)7)12-13-27-19-28(35-25(6)34)16-18-32(27)20-24(5)33-36-32/h10-13,21-23,28-30H,8-9,14-20H2,1-7H3/b11-10+,26-12+,27-13-/t22-,23+,28-,29+,30-,31+,32+/m0/s1. The molecule has 3 aliphatic carbocycles. The van der Waals surface area contributed by atoms with Crippen molar-refractivity contribution in [2.75, 3.05) is 0 Å². The summed E-state index contributed by atoms with van der Waals surface area (Å²) >= 11 is 0. The van der Waals surface area contributed by atoms with Gasteiger partial charge >= 0.3 is 5.97 Å². The zero-order chi connectivity index (χ0) is 26.1. The molecule has 7 atom stereocenters. The summed E-state index contributed by atoms with van der Waals surface area (Å²) in [5, 5.41) is 4.32. The third-order valence-corrected chi connectivity index (χ3v) is 10.1. The van der Waals surface area contributed by atoms with Gasteiger partial charge in [-0.15, -0.1) is 0 Å². The number of esters is 1. The number of allylic oxidation sites excluding steroid dienone is 5. The van der Waals surface area contributed by atoms with Crippen LogP contribution in [0.4, 0.5) is 0 Å². The Hall–Kier alpha value is -1.84. The summed E-state index contributed by atoms with van der Waals surface area (Å²) in [5.41, 5.74) is 3.94. The number of nitrogens with zero attached hydrogens (tertiary/aromatic N) is 1. The SMILES string of the molecule is CC(=O)O[C@H]1CC[C@@]2(CC(C)=NO2)/C(=C\C=C2/CCC[C@]3(C)[C@@H]([C@H](C)/C=C/[C@H](C)C(C)C)CC[C@@H]23)C1. The van der Waals surface area contributed by atoms with E-state index in [1.807, 2.05) is 6.92 Å². The lowest BCUT2D eigenvalue weighted by atomic mass is 9.61. The van der Waals surface area contributed by atoms with Gasteiger partial charge in [0.25, 0.3) is 0 Å². The summed E-state index contributed by atoms with van der Waals surface area (Å²) in [6.07, 6.45) is 19.4. The molecule has 0 aromatic heterocycles. The van der Waals surface area contributed by atoms with Crippen molar-refractivity contribution in [2.45, 2.75) is 118 Å². The number of rotatable bonds is 6. The number of hydrogen-bond donors (Lipinski definition) is 0. The quantitative estimate of drug-likeness (QED) is 0.276. The molecular formula is C32H49NO3. The Kier molecular flexibility index (Phi) is 8.22. The van der Waals surface area contributed by atoms with Crippen LogP contribution in [0, 0.1) is 35.0 Å². The molecule has 0 aromatic carbocycles. The van der Waals surface area contributed by atoms with Crippen LogP contribution >= 0.6 is 0 Å². The predicted octanol–water partition coefficient (Wildman–Crippen LogP) is 8.19. The van der Waals surface area contributed by atoms with Gasteiger partial charge in [-0.1, -0.05) is 69.7 Å². The summed E-state index contributed by atoms with van der Waals surface area (Å²) in [7, 11) is 0. The van der Waals surface area contributed by atoms with E-state index in [9.17, 15) is 4.79 Å². The van der Waals surface area contributed by atoms with Gasteiger partial charge in [0.1, 0.15) is 6.10 Å². The summed E-state index contributed by atoms with van der Waals surface area (Å²) in [5.74, 6) is 3.17. The van der Waals surface area contributed by atoms with Crippen LogP contribution in [0.1, 0.15) is 106 Å². The molecule has 0 radical (unpaired) electrons. The first kappa shape index (κ1) is 27.2. The molecule has 0 N–H and O–H groups in total. The van der Waals surface area contributed by atoms with Crippen LogP contribution in [-0.4, -0.2) is 23.4 Å². The average molecular weight is 496 g/mol. The molecule has 0 aromatic rings. The number of ether oxygens (including phenoxy) is 1. The number of fused-ring (bicyclic) bond motifs is 1. The largest absolute Gasteiger partial charge is 0.462 e. The van der Waals surface area contributed by atoms with Crippen molar-refractivity contribution in [3.05, 3.63) is 35.5 Å². The lowest BCUT2D eigenvalue weighted by molar-refractivity contribution is -0.149. The Morgan fingerprint density at radius 2 is 1.89 bits per heavy atom. The molecule has 1 aliphatic heterocycles. The van der Waals surface area contributed by atoms with Crippen molar-refractivity contribution >= 4 is 11.7 Å². The van der Waals surface area contributed by atoms with Crippen LogP contribution in [0.25, 0.3) is 0 Å². The molecule has 4 aliphatic rings. The highest BCUT2D eigenvalue weighted by molar-refractivity contribution is 5.84. The first-order chi connectivity index (χ1) is 17.0. The van der Waals surface area contributed by atoms with E-state index in [2.05, 4.69) is 64.1 Å². The zero-order valence-electron chi connectivity index (χ0n) is 23.8. The highest BCUT2D eigenvalue weighted by Gasteiger charge is 2.50. The second kappa shape index (κ2) is 10.9. The molecule has 4 rings (SSSR count). The lowest BCUT2D eigenvalue weighted by Crippen LogP contribution is -2.39. The average Bonchev–Trinajstić information content (AvgIpc) is 3.37. The number of oxime groups is 1. The highest BCUT2D eigenvalue weighted by Crippen LogP contribution is 2.59. The molecule has 0 amide bonds. The van der Waals surface area contributed by atoms with Gasteiger partial charge in [0, 0.05) is 19.8 Å². The monoisotopic (exact) mass is 495 g/mol. The van der Waals surface area contributed by atoms with Crippen molar-refractivity contribution < 1.29 is 14.4 Å². The van der Waals surface area contributed by atoms with Crippen molar-refractivity contribution in [1.29, 1.82) is 0 Å². The fourth-order valence-corrected chi connectivity index (χ4v) is 7.65. The Balaban J connectivity index is 1.55. The maximum atomic E-state index is 11.6. The van der Waals surface area contributed by atoms with E-state index >= 15 is 0 Å². The number of carbonyl (C=O) groups excluding carboxylic acids is 1. The van der Waals surface area contributed by atoms with E-state index in [1.54, 1.807) is 5.57 Å². The van der Waals surface area contributed by atoms with Crippen LogP contribution in [0.2, 0.25) is 0 Å². The Morgan fingerprint density at radius 1 is 1.11 bits per heavy atom. The number of hydrogen-bond acceptors (Lipinski definition) is 4. The van der Waals surface area contributed by atoms with Crippen molar-refractivity contribution in [3.63, 3.8) is 0 Å². The van der Waals surface area contributed by atoms with Crippen LogP contribution in [0.3, 0.4) is 0 Å². The topological polar surface area (TPSA) is 47.9 Å². The van der Waals surface area contributed by atoms with Crippen molar-refractivity contribution in [2.24, 2.45) is 40.2 Å². The summed E-state index contributed by atoms with van der Waals surface area (Å²) < 4.78 is 5.62. The molecule has 1 spiro atoms. The van der Waals surface area contributed by atoms with Crippen LogP contribution < -0.4 is 0 Å². The molecule has 0 unspecified atom stereocenters. The minimum absolute atomic E-state index is 0.0596. The van der Waals surface area contributed by atoms with E-state index in [4.69, 9.17) is 9.57 Å². The minimum atomic E-state index is -0.347. The van der Waals surface area contributed by atoms with Crippen molar-refractivity contribution in [3.8, 4) is 0 Å². The first-order valence-corrected chi connectivity index (χ1v) is 14.5. The molecule has 200 valence electrons. The Bertz CT molecular complexity index is 943. The molecule has 4 nitrogen and oxygen atoms in total. The normalized spacial score (nSPS) is 38.4. The maximum Gasteiger partial charge on any atom is 0.302 e. The zero-order valence-corrected chi connectivity index (χ0v) is 23.8. The van der Waals surface area contributed by atoms with E-state index in [0.717, 1.165) is 37.3 Å². The molecule has 3 saturated carbocycles. The van der Waals surface area contributed by atoms with Gasteiger partial charge in [0.05, 0.1) is 5.71 Å². The molecule has 0 bridgehead atoms. The first-order valence-electron chi connectivity index (χ1n) is 14.5. The molecule has 36 heavy (non-hydrogen) atoms. The lowest BCUT2D eigenvalue weighted by Gasteiger charge is -2.44. The van der Waals surface area contributed by atoms with E-state index in [0.29, 0.717) is 29.1 Å². The fraction of sp³-hybridized carbons (Fsp3) is 0.750. The highest BCUT2D eigenvalue weighted by atomic mass is 16.7. The minimum Gasteiger partial charge on any atom is -0.462 e. The smallest absolute Gasteiger partial charge is 0.302 e. The number of carbonyl (C=O) groups is 1. The van der Waals surface area contributed by atoms with Gasteiger partial charge in [0.15, 0.2) is 5.60 Å². The van der Waals surface area contributed by atoms with Crippen LogP contribution in [-0.2, 0) is 14.4 Å². The molecule has 0 saturated heterocycles. The molecule has 1 heterocycles. The second-order valence-electron chi connectivity index (χ2n) is 12.9. The summed E-state index contributed by atoms with van der Waals surface area (Å²) in [4.78, 5) is 17.7. The van der Waals surface area contributed by atoms with E-state index in [-0.39, 0.29) is 17.7 Å². The predicted molar refractivity (Wildman–Crippen MR) is 148 cm³/mol. The Morgan fingerprint density at radius 3 is 2.56 bits per heavy atom. The van der Waals surface area contributed by atoms with Gasteiger partial charge in [-0.3, -0.25) is 4.79 Å². The molecule has 4 heteroatoms. The maximum absolute atomic E-state index is 11.6. The second-order valence-corrected chi connectivity index (χ2v) is 12.9. The van der Waals surface area contributed by atoms with Crippen molar-refractivity contribution in [1.82, 2.24) is 0 Å². The van der Waals surface area contributed by atoms with Gasteiger partial charge in [-0.25, -0.2) is 0 Å². The van der Waals surface area contributed by atoms with Gasteiger partial charge < -0.3 is 9.57 Å². The van der Waals surface area contributed by atoms with E-state index < -0.39 is 0 Å². The summed E-state index contributed by atoms with van der Waals surface area (Å²) in [6.45, 7) is 15.5. The third-order valence-electron chi connectivity index (χ3n) is 10.1. The fourth-order valence-electron chi connectivity index (χ4n) is 7.65. The third kappa shape index (κ3) is 5.53. The molecular weight excluding hydrogens is 446 g/mol. The Labute approximate surface area is 219 Å². The van der Waals surface area contributed by atoms with E-state index in [1.165, 1.54) is 44.6 Å². The van der Waals surface area contributed by atoms with Gasteiger partial charge in [0.2, 0.25) is 0 Å². The van der Waals surface area contributed by atoms with Gasteiger partial charge in [-0.05, 0) is 92.4 Å². The van der Waals surface area contributed by atoms with Gasteiger partial charge in [-0.2, -0.15) is 0 Å². The van der Waals surface area contributed by atoms with Crippen LogP contribution in [0.5, 0.6) is 0 Å². The molecule has 3 fully saturated rings. The van der Waals surface area contributed by atoms with Crippen LogP contribution in [0.15, 0.2) is 40.6 Å².